The average molecular weight is 358 g/mol. The molecular weight excluding hydrogens is 343 g/mol. The van der Waals surface area contributed by atoms with Crippen LogP contribution in [0.5, 0.6) is 0 Å². The minimum atomic E-state index is -0.490. The smallest absolute Gasteiger partial charge is 0.262 e. The molecular formula is C21H15FN4O. The van der Waals surface area contributed by atoms with E-state index in [1.807, 2.05) is 36.4 Å². The Morgan fingerprint density at radius 1 is 1.30 bits per heavy atom. The Kier molecular flexibility index (Phi) is 3.18. The molecule has 27 heavy (non-hydrogen) atoms. The predicted octanol–water partition coefficient (Wildman–Crippen LogP) is 3.74. The highest BCUT2D eigenvalue weighted by atomic mass is 19.1. The van der Waals surface area contributed by atoms with Gasteiger partial charge in [0, 0.05) is 34.0 Å². The van der Waals surface area contributed by atoms with E-state index in [0.717, 1.165) is 16.8 Å². The number of aromatic nitrogens is 2. The third-order valence-corrected chi connectivity index (χ3v) is 5.07. The van der Waals surface area contributed by atoms with Crippen molar-refractivity contribution in [1.29, 1.82) is 0 Å². The van der Waals surface area contributed by atoms with Gasteiger partial charge in [-0.3, -0.25) is 4.79 Å². The molecule has 0 radical (unpaired) electrons. The number of aryl methyl sites for hydroxylation is 1. The first-order valence-electron chi connectivity index (χ1n) is 8.58. The molecule has 132 valence electrons. The van der Waals surface area contributed by atoms with E-state index in [-0.39, 0.29) is 5.91 Å². The van der Waals surface area contributed by atoms with Crippen LogP contribution in [0.4, 0.5) is 10.1 Å². The van der Waals surface area contributed by atoms with Gasteiger partial charge in [0.1, 0.15) is 0 Å². The number of anilines is 1. The molecule has 0 spiro atoms. The van der Waals surface area contributed by atoms with Crippen molar-refractivity contribution in [2.75, 3.05) is 5.73 Å². The van der Waals surface area contributed by atoms with E-state index < -0.39 is 5.95 Å². The molecule has 6 heteroatoms. The summed E-state index contributed by atoms with van der Waals surface area (Å²) in [5, 5.41) is 0.710. The van der Waals surface area contributed by atoms with Crippen molar-refractivity contribution in [2.24, 2.45) is 0 Å². The van der Waals surface area contributed by atoms with Crippen molar-refractivity contribution in [2.45, 2.75) is 13.5 Å². The SMILES string of the molecule is Cc1cc(-c2cccc3c(N)c4c(nc23)CN(C2=CC=C2)C4=O)cnc1F. The lowest BCUT2D eigenvalue weighted by atomic mass is 9.99. The van der Waals surface area contributed by atoms with Crippen LogP contribution in [-0.2, 0) is 6.54 Å². The second-order valence-electron chi connectivity index (χ2n) is 6.72. The Morgan fingerprint density at radius 3 is 2.81 bits per heavy atom. The number of carbonyl (C=O) groups is 1. The van der Waals surface area contributed by atoms with E-state index in [1.54, 1.807) is 17.9 Å². The number of amides is 1. The summed E-state index contributed by atoms with van der Waals surface area (Å²) in [6.07, 6.45) is 7.15. The van der Waals surface area contributed by atoms with Gasteiger partial charge in [-0.15, -0.1) is 0 Å². The van der Waals surface area contributed by atoms with Crippen LogP contribution in [0.1, 0.15) is 21.6 Å². The molecule has 1 aliphatic carbocycles. The number of pyridine rings is 2. The molecule has 0 saturated carbocycles. The molecule has 2 aliphatic rings. The third-order valence-electron chi connectivity index (χ3n) is 5.07. The molecule has 0 saturated heterocycles. The van der Waals surface area contributed by atoms with E-state index in [0.29, 0.717) is 40.0 Å². The molecule has 5 nitrogen and oxygen atoms in total. The quantitative estimate of drug-likeness (QED) is 0.709. The highest BCUT2D eigenvalue weighted by Crippen LogP contribution is 2.38. The van der Waals surface area contributed by atoms with Gasteiger partial charge < -0.3 is 10.6 Å². The van der Waals surface area contributed by atoms with E-state index >= 15 is 0 Å². The van der Waals surface area contributed by atoms with Crippen molar-refractivity contribution in [1.82, 2.24) is 14.9 Å². The summed E-state index contributed by atoms with van der Waals surface area (Å²) in [7, 11) is 0. The maximum Gasteiger partial charge on any atom is 0.262 e. The summed E-state index contributed by atoms with van der Waals surface area (Å²) >= 11 is 0. The van der Waals surface area contributed by atoms with Crippen LogP contribution >= 0.6 is 0 Å². The van der Waals surface area contributed by atoms with Crippen molar-refractivity contribution in [3.8, 4) is 11.1 Å². The first-order chi connectivity index (χ1) is 13.0. The molecule has 0 unspecified atom stereocenters. The monoisotopic (exact) mass is 358 g/mol. The van der Waals surface area contributed by atoms with Crippen LogP contribution in [0.2, 0.25) is 0 Å². The zero-order valence-corrected chi connectivity index (χ0v) is 14.5. The molecule has 2 N–H and O–H groups in total. The Morgan fingerprint density at radius 2 is 2.11 bits per heavy atom. The Bertz CT molecular complexity index is 1210. The number of para-hydroxylation sites is 1. The second kappa shape index (κ2) is 5.48. The van der Waals surface area contributed by atoms with Crippen molar-refractivity contribution >= 4 is 22.5 Å². The lowest BCUT2D eigenvalue weighted by Crippen LogP contribution is -2.24. The van der Waals surface area contributed by atoms with Gasteiger partial charge in [0.05, 0.1) is 29.0 Å². The van der Waals surface area contributed by atoms with Crippen LogP contribution in [-0.4, -0.2) is 20.8 Å². The van der Waals surface area contributed by atoms with Gasteiger partial charge in [-0.1, -0.05) is 24.3 Å². The first kappa shape index (κ1) is 15.7. The number of fused-ring (bicyclic) bond motifs is 2. The highest BCUT2D eigenvalue weighted by Gasteiger charge is 2.34. The van der Waals surface area contributed by atoms with Crippen LogP contribution < -0.4 is 5.73 Å². The van der Waals surface area contributed by atoms with Gasteiger partial charge in [-0.25, -0.2) is 9.97 Å². The number of nitrogens with zero attached hydrogens (tertiary/aromatic N) is 3. The molecule has 0 bridgehead atoms. The minimum absolute atomic E-state index is 0.128. The number of carbonyl (C=O) groups excluding carboxylic acids is 1. The second-order valence-corrected chi connectivity index (χ2v) is 6.72. The number of hydrogen-bond acceptors (Lipinski definition) is 4. The molecule has 0 atom stereocenters. The fourth-order valence-corrected chi connectivity index (χ4v) is 3.58. The summed E-state index contributed by atoms with van der Waals surface area (Å²) in [4.78, 5) is 23.1. The average Bonchev–Trinajstić information content (AvgIpc) is 2.92. The van der Waals surface area contributed by atoms with Crippen LogP contribution in [0, 0.1) is 12.9 Å². The fourth-order valence-electron chi connectivity index (χ4n) is 3.58. The topological polar surface area (TPSA) is 72.1 Å². The maximum atomic E-state index is 13.6. The van der Waals surface area contributed by atoms with E-state index in [4.69, 9.17) is 10.7 Å². The van der Waals surface area contributed by atoms with Gasteiger partial charge >= 0.3 is 0 Å². The summed E-state index contributed by atoms with van der Waals surface area (Å²) in [5.41, 5.74) is 11.5. The van der Waals surface area contributed by atoms with Crippen LogP contribution in [0.3, 0.4) is 0 Å². The van der Waals surface area contributed by atoms with Gasteiger partial charge in [0.25, 0.3) is 5.91 Å². The molecule has 0 fully saturated rings. The molecule has 3 heterocycles. The fraction of sp³-hybridized carbons (Fsp3) is 0.0952. The van der Waals surface area contributed by atoms with E-state index in [9.17, 15) is 9.18 Å². The summed E-state index contributed by atoms with van der Waals surface area (Å²) in [6.45, 7) is 2.06. The standard InChI is InChI=1S/C21H15FN4O/c1-11-8-12(9-24-20(11)22)14-6-3-7-15-18(23)17-16(25-19(14)15)10-26(21(17)27)13-4-2-5-13/h2-9H,10H2,1H3,(H2,23,25). The minimum Gasteiger partial charge on any atom is -0.397 e. The highest BCUT2D eigenvalue weighted by molar-refractivity contribution is 6.12. The molecule has 2 aromatic heterocycles. The molecule has 1 amide bonds. The Labute approximate surface area is 154 Å². The lowest BCUT2D eigenvalue weighted by molar-refractivity contribution is 0.0831. The van der Waals surface area contributed by atoms with Gasteiger partial charge in [-0.2, -0.15) is 4.39 Å². The zero-order chi connectivity index (χ0) is 18.7. The van der Waals surface area contributed by atoms with Crippen molar-refractivity contribution in [3.63, 3.8) is 0 Å². The summed E-state index contributed by atoms with van der Waals surface area (Å²) in [5.74, 6) is -0.618. The molecule has 1 aromatic carbocycles. The number of hydrogen-bond donors (Lipinski definition) is 1. The normalized spacial score (nSPS) is 15.1. The van der Waals surface area contributed by atoms with Gasteiger partial charge in [0.2, 0.25) is 5.95 Å². The maximum absolute atomic E-state index is 13.6. The third kappa shape index (κ3) is 2.19. The summed E-state index contributed by atoms with van der Waals surface area (Å²) in [6, 6.07) is 7.35. The van der Waals surface area contributed by atoms with E-state index in [2.05, 4.69) is 4.98 Å². The molecule has 3 aromatic rings. The number of nitrogens with two attached hydrogens (primary N) is 1. The predicted molar refractivity (Wildman–Crippen MR) is 101 cm³/mol. The zero-order valence-electron chi connectivity index (χ0n) is 14.5. The van der Waals surface area contributed by atoms with Crippen LogP contribution in [0.25, 0.3) is 22.0 Å². The number of halogens is 1. The largest absolute Gasteiger partial charge is 0.397 e. The Balaban J connectivity index is 1.72. The number of allylic oxidation sites excluding steroid dienone is 3. The van der Waals surface area contributed by atoms with Crippen molar-refractivity contribution < 1.29 is 9.18 Å². The van der Waals surface area contributed by atoms with E-state index in [1.165, 1.54) is 6.20 Å². The van der Waals surface area contributed by atoms with Crippen molar-refractivity contribution in [3.05, 3.63) is 77.2 Å². The molecule has 5 rings (SSSR count). The van der Waals surface area contributed by atoms with Gasteiger partial charge in [0.15, 0.2) is 0 Å². The lowest BCUT2D eigenvalue weighted by Gasteiger charge is -2.19. The van der Waals surface area contributed by atoms with Gasteiger partial charge in [-0.05, 0) is 25.1 Å². The molecule has 1 aliphatic heterocycles. The number of rotatable bonds is 2. The first-order valence-corrected chi connectivity index (χ1v) is 8.58. The number of benzene rings is 1. The Hall–Kier alpha value is -3.54. The van der Waals surface area contributed by atoms with Crippen LogP contribution in [0.15, 0.2) is 54.4 Å². The number of nitrogen functional groups attached to an aromatic ring is 1. The summed E-state index contributed by atoms with van der Waals surface area (Å²) < 4.78 is 13.6.